The molecule has 1 amide bonds. The number of anilines is 1. The maximum absolute atomic E-state index is 13.8. The first-order valence-corrected chi connectivity index (χ1v) is 11.6. The molecule has 32 heavy (non-hydrogen) atoms. The lowest BCUT2D eigenvalue weighted by Crippen LogP contribution is -2.50. The van der Waals surface area contributed by atoms with Crippen LogP contribution in [0.4, 0.5) is 5.95 Å². The standard InChI is InChI=1S/C25H23N3O3S/c1-2-31-24(30)21-22(20-13-8-16-32-20)28-19-12-7-6-11-18(19)26-25(28)27(23(21)29)15-14-17-9-4-3-5-10-17/h3-13,16,21-22H,2,14-15H2,1H3/t21-,22+/m1/s1. The maximum Gasteiger partial charge on any atom is 0.321 e. The number of hydrogen-bond donors (Lipinski definition) is 0. The van der Waals surface area contributed by atoms with Gasteiger partial charge in [0.2, 0.25) is 11.9 Å². The Morgan fingerprint density at radius 1 is 1.06 bits per heavy atom. The van der Waals surface area contributed by atoms with Crippen LogP contribution in [0.2, 0.25) is 0 Å². The second-order valence-corrected chi connectivity index (χ2v) is 8.67. The molecule has 0 fully saturated rings. The number of ether oxygens (including phenoxy) is 1. The minimum Gasteiger partial charge on any atom is -0.465 e. The highest BCUT2D eigenvalue weighted by molar-refractivity contribution is 7.10. The molecule has 0 spiro atoms. The second kappa shape index (κ2) is 8.59. The molecule has 3 heterocycles. The molecule has 5 rings (SSSR count). The van der Waals surface area contributed by atoms with Crippen LogP contribution < -0.4 is 4.90 Å². The molecule has 0 unspecified atom stereocenters. The number of aromatic nitrogens is 2. The molecule has 0 saturated heterocycles. The number of nitrogens with zero attached hydrogens (tertiary/aromatic N) is 3. The van der Waals surface area contributed by atoms with Crippen molar-refractivity contribution in [2.45, 2.75) is 19.4 Å². The third-order valence-corrected chi connectivity index (χ3v) is 6.73. The summed E-state index contributed by atoms with van der Waals surface area (Å²) < 4.78 is 7.42. The molecule has 2 aromatic carbocycles. The van der Waals surface area contributed by atoms with E-state index in [0.29, 0.717) is 18.9 Å². The van der Waals surface area contributed by atoms with E-state index in [1.165, 1.54) is 11.3 Å². The van der Waals surface area contributed by atoms with Crippen molar-refractivity contribution in [1.82, 2.24) is 9.55 Å². The summed E-state index contributed by atoms with van der Waals surface area (Å²) in [6, 6.07) is 21.2. The van der Waals surface area contributed by atoms with E-state index >= 15 is 0 Å². The first-order chi connectivity index (χ1) is 15.7. The van der Waals surface area contributed by atoms with Gasteiger partial charge in [-0.25, -0.2) is 4.98 Å². The molecule has 0 saturated carbocycles. The van der Waals surface area contributed by atoms with Crippen molar-refractivity contribution in [2.24, 2.45) is 5.92 Å². The Bertz CT molecular complexity index is 1250. The topological polar surface area (TPSA) is 64.4 Å². The number of amides is 1. The third-order valence-electron chi connectivity index (χ3n) is 5.79. The van der Waals surface area contributed by atoms with E-state index in [-0.39, 0.29) is 12.5 Å². The minimum atomic E-state index is -0.963. The lowest BCUT2D eigenvalue weighted by molar-refractivity contribution is -0.153. The van der Waals surface area contributed by atoms with Gasteiger partial charge in [0.1, 0.15) is 0 Å². The number of fused-ring (bicyclic) bond motifs is 3. The van der Waals surface area contributed by atoms with Crippen molar-refractivity contribution in [1.29, 1.82) is 0 Å². The van der Waals surface area contributed by atoms with E-state index in [2.05, 4.69) is 0 Å². The highest BCUT2D eigenvalue weighted by Crippen LogP contribution is 2.42. The minimum absolute atomic E-state index is 0.224. The Hall–Kier alpha value is -3.45. The zero-order valence-electron chi connectivity index (χ0n) is 17.7. The zero-order valence-corrected chi connectivity index (χ0v) is 18.5. The van der Waals surface area contributed by atoms with Crippen molar-refractivity contribution in [3.05, 3.63) is 82.6 Å². The zero-order chi connectivity index (χ0) is 22.1. The van der Waals surface area contributed by atoms with E-state index in [1.54, 1.807) is 11.8 Å². The van der Waals surface area contributed by atoms with Gasteiger partial charge in [0.15, 0.2) is 5.92 Å². The Morgan fingerprint density at radius 2 is 1.84 bits per heavy atom. The molecule has 0 bridgehead atoms. The number of benzene rings is 2. The van der Waals surface area contributed by atoms with E-state index in [1.807, 2.05) is 76.7 Å². The van der Waals surface area contributed by atoms with Crippen LogP contribution in [0.5, 0.6) is 0 Å². The molecule has 6 nitrogen and oxygen atoms in total. The maximum atomic E-state index is 13.8. The highest BCUT2D eigenvalue weighted by atomic mass is 32.1. The molecule has 2 atom stereocenters. The summed E-state index contributed by atoms with van der Waals surface area (Å²) in [5, 5.41) is 1.96. The van der Waals surface area contributed by atoms with Gasteiger partial charge in [-0.1, -0.05) is 48.5 Å². The molecule has 4 aromatic rings. The van der Waals surface area contributed by atoms with E-state index in [9.17, 15) is 9.59 Å². The molecular weight excluding hydrogens is 422 g/mol. The summed E-state index contributed by atoms with van der Waals surface area (Å²) in [7, 11) is 0. The Morgan fingerprint density at radius 3 is 2.59 bits per heavy atom. The largest absolute Gasteiger partial charge is 0.465 e. The summed E-state index contributed by atoms with van der Waals surface area (Å²) in [5.41, 5.74) is 2.81. The number of rotatable bonds is 6. The number of hydrogen-bond acceptors (Lipinski definition) is 5. The smallest absolute Gasteiger partial charge is 0.321 e. The predicted molar refractivity (Wildman–Crippen MR) is 125 cm³/mol. The number of para-hydroxylation sites is 2. The molecule has 1 aliphatic rings. The second-order valence-electron chi connectivity index (χ2n) is 7.69. The SMILES string of the molecule is CCOC(=O)[C@H]1C(=O)N(CCc2ccccc2)c2nc3ccccc3n2[C@H]1c1cccs1. The molecular formula is C25H23N3O3S. The Balaban J connectivity index is 1.66. The number of thiophene rings is 1. The van der Waals surface area contributed by atoms with Crippen LogP contribution in [-0.2, 0) is 20.7 Å². The fourth-order valence-corrected chi connectivity index (χ4v) is 5.21. The van der Waals surface area contributed by atoms with Crippen LogP contribution in [-0.4, -0.2) is 34.6 Å². The van der Waals surface area contributed by atoms with Crippen molar-refractivity contribution in [3.8, 4) is 0 Å². The molecule has 1 aliphatic heterocycles. The first-order valence-electron chi connectivity index (χ1n) is 10.7. The quantitative estimate of drug-likeness (QED) is 0.325. The first kappa shape index (κ1) is 20.5. The van der Waals surface area contributed by atoms with Gasteiger partial charge in [-0.3, -0.25) is 19.1 Å². The number of carbonyl (C=O) groups excluding carboxylic acids is 2. The number of imidazole rings is 1. The van der Waals surface area contributed by atoms with Gasteiger partial charge in [0.05, 0.1) is 23.7 Å². The summed E-state index contributed by atoms with van der Waals surface area (Å²) in [5.74, 6) is -1.15. The van der Waals surface area contributed by atoms with Gasteiger partial charge >= 0.3 is 5.97 Å². The molecule has 0 aliphatic carbocycles. The van der Waals surface area contributed by atoms with E-state index in [4.69, 9.17) is 9.72 Å². The Labute approximate surface area is 190 Å². The van der Waals surface area contributed by atoms with Crippen molar-refractivity contribution >= 4 is 40.2 Å². The summed E-state index contributed by atoms with van der Waals surface area (Å²) in [6.45, 7) is 2.41. The molecule has 0 radical (unpaired) electrons. The predicted octanol–water partition coefficient (Wildman–Crippen LogP) is 4.46. The number of carbonyl (C=O) groups is 2. The van der Waals surface area contributed by atoms with Crippen LogP contribution in [0.3, 0.4) is 0 Å². The van der Waals surface area contributed by atoms with Gasteiger partial charge in [0, 0.05) is 11.4 Å². The molecule has 0 N–H and O–H groups in total. The van der Waals surface area contributed by atoms with Crippen molar-refractivity contribution in [3.63, 3.8) is 0 Å². The van der Waals surface area contributed by atoms with E-state index < -0.39 is 17.9 Å². The van der Waals surface area contributed by atoms with Crippen LogP contribution in [0.25, 0.3) is 11.0 Å². The monoisotopic (exact) mass is 445 g/mol. The van der Waals surface area contributed by atoms with Crippen LogP contribution in [0, 0.1) is 5.92 Å². The van der Waals surface area contributed by atoms with Crippen molar-refractivity contribution < 1.29 is 14.3 Å². The van der Waals surface area contributed by atoms with Crippen molar-refractivity contribution in [2.75, 3.05) is 18.1 Å². The van der Waals surface area contributed by atoms with Gasteiger partial charge in [-0.2, -0.15) is 0 Å². The number of esters is 1. The average molecular weight is 446 g/mol. The lowest BCUT2D eigenvalue weighted by Gasteiger charge is -2.37. The Kier molecular flexibility index (Phi) is 5.49. The highest BCUT2D eigenvalue weighted by Gasteiger charge is 2.48. The van der Waals surface area contributed by atoms with E-state index in [0.717, 1.165) is 21.5 Å². The van der Waals surface area contributed by atoms with Gasteiger partial charge < -0.3 is 4.74 Å². The molecule has 2 aromatic heterocycles. The normalized spacial score (nSPS) is 18.0. The summed E-state index contributed by atoms with van der Waals surface area (Å²) >= 11 is 1.53. The van der Waals surface area contributed by atoms with Crippen LogP contribution >= 0.6 is 11.3 Å². The van der Waals surface area contributed by atoms with Gasteiger partial charge in [-0.05, 0) is 42.5 Å². The van der Waals surface area contributed by atoms with Gasteiger partial charge in [0.25, 0.3) is 0 Å². The van der Waals surface area contributed by atoms with Crippen LogP contribution in [0.1, 0.15) is 23.4 Å². The van der Waals surface area contributed by atoms with Gasteiger partial charge in [-0.15, -0.1) is 11.3 Å². The average Bonchev–Trinajstić information content (AvgIpc) is 3.47. The third kappa shape index (κ3) is 3.48. The fraction of sp³-hybridized carbons (Fsp3) is 0.240. The molecule has 7 heteroatoms. The summed E-state index contributed by atoms with van der Waals surface area (Å²) in [4.78, 5) is 34.3. The van der Waals surface area contributed by atoms with Crippen LogP contribution in [0.15, 0.2) is 72.1 Å². The molecule has 162 valence electrons. The summed E-state index contributed by atoms with van der Waals surface area (Å²) in [6.07, 6.45) is 0.662. The lowest BCUT2D eigenvalue weighted by atomic mass is 9.93. The fourth-order valence-electron chi connectivity index (χ4n) is 4.36.